The molecule has 0 aromatic rings. The Morgan fingerprint density at radius 3 is 2.48 bits per heavy atom. The van der Waals surface area contributed by atoms with Crippen LogP contribution in [0.15, 0.2) is 0 Å². The quantitative estimate of drug-likeness (QED) is 0.712. The van der Waals surface area contributed by atoms with Crippen LogP contribution in [0.5, 0.6) is 0 Å². The Morgan fingerprint density at radius 2 is 1.87 bits per heavy atom. The summed E-state index contributed by atoms with van der Waals surface area (Å²) in [5.41, 5.74) is 0.173. The van der Waals surface area contributed by atoms with E-state index >= 15 is 0 Å². The average Bonchev–Trinajstić information content (AvgIpc) is 2.54. The number of ether oxygens (including phenoxy) is 1. The van der Waals surface area contributed by atoms with Gasteiger partial charge >= 0.3 is 0 Å². The molecule has 23 heavy (non-hydrogen) atoms. The molecule has 2 fully saturated rings. The summed E-state index contributed by atoms with van der Waals surface area (Å²) in [5.74, 6) is 1.65. The maximum atomic E-state index is 12.9. The minimum Gasteiger partial charge on any atom is -0.378 e. The molecular weight excluding hydrogens is 286 g/mol. The fourth-order valence-electron chi connectivity index (χ4n) is 4.09. The summed E-state index contributed by atoms with van der Waals surface area (Å²) in [7, 11) is 0. The van der Waals surface area contributed by atoms with Crippen molar-refractivity contribution >= 4 is 5.91 Å². The molecule has 2 heterocycles. The molecule has 0 saturated carbocycles. The van der Waals surface area contributed by atoms with Gasteiger partial charge in [-0.05, 0) is 55.8 Å². The van der Waals surface area contributed by atoms with E-state index in [4.69, 9.17) is 4.74 Å². The molecule has 2 saturated heterocycles. The van der Waals surface area contributed by atoms with Crippen LogP contribution in [0.4, 0.5) is 0 Å². The van der Waals surface area contributed by atoms with Gasteiger partial charge in [0.2, 0.25) is 5.91 Å². The maximum absolute atomic E-state index is 12.9. The SMILES string of the molecule is CC(C)CC[C@@]1(CC(=O)N2CCCCC2)CCO[C@H](C(C)C)C1. The molecule has 2 atom stereocenters. The van der Waals surface area contributed by atoms with Gasteiger partial charge in [-0.15, -0.1) is 0 Å². The summed E-state index contributed by atoms with van der Waals surface area (Å²) in [4.78, 5) is 15.0. The molecule has 2 rings (SSSR count). The van der Waals surface area contributed by atoms with Crippen molar-refractivity contribution in [2.75, 3.05) is 19.7 Å². The number of nitrogens with zero attached hydrogens (tertiary/aromatic N) is 1. The zero-order valence-electron chi connectivity index (χ0n) is 15.8. The minimum absolute atomic E-state index is 0.173. The molecule has 3 heteroatoms. The fraction of sp³-hybridized carbons (Fsp3) is 0.950. The first kappa shape index (κ1) is 18.8. The third kappa shape index (κ3) is 5.48. The lowest BCUT2D eigenvalue weighted by atomic mass is 9.69. The van der Waals surface area contributed by atoms with Gasteiger partial charge in [-0.1, -0.05) is 34.1 Å². The van der Waals surface area contributed by atoms with Crippen LogP contribution in [0.2, 0.25) is 0 Å². The number of piperidine rings is 1. The topological polar surface area (TPSA) is 29.5 Å². The number of likely N-dealkylation sites (tertiary alicyclic amines) is 1. The first-order valence-electron chi connectivity index (χ1n) is 9.81. The van der Waals surface area contributed by atoms with Gasteiger partial charge in [0.25, 0.3) is 0 Å². The molecule has 0 aliphatic carbocycles. The molecule has 0 bridgehead atoms. The first-order chi connectivity index (χ1) is 10.9. The number of carbonyl (C=O) groups excluding carboxylic acids is 1. The standard InChI is InChI=1S/C20H37NO2/c1-16(2)8-9-20(10-13-23-18(14-20)17(3)4)15-19(22)21-11-6-5-7-12-21/h16-18H,5-15H2,1-4H3/t18-,20+/m0/s1. The molecular formula is C20H37NO2. The Morgan fingerprint density at radius 1 is 1.17 bits per heavy atom. The van der Waals surface area contributed by atoms with Crippen molar-refractivity contribution in [2.24, 2.45) is 17.3 Å². The Bertz CT molecular complexity index is 374. The number of amides is 1. The largest absolute Gasteiger partial charge is 0.378 e. The highest BCUT2D eigenvalue weighted by molar-refractivity contribution is 5.77. The van der Waals surface area contributed by atoms with Gasteiger partial charge in [-0.25, -0.2) is 0 Å². The molecule has 2 aliphatic rings. The molecule has 0 radical (unpaired) electrons. The second-order valence-electron chi connectivity index (χ2n) is 8.66. The van der Waals surface area contributed by atoms with Crippen LogP contribution in [0, 0.1) is 17.3 Å². The van der Waals surface area contributed by atoms with Gasteiger partial charge in [0, 0.05) is 26.1 Å². The van der Waals surface area contributed by atoms with Crippen molar-refractivity contribution in [3.63, 3.8) is 0 Å². The number of rotatable bonds is 6. The van der Waals surface area contributed by atoms with Crippen molar-refractivity contribution < 1.29 is 9.53 Å². The van der Waals surface area contributed by atoms with E-state index in [1.54, 1.807) is 0 Å². The third-order valence-corrected chi connectivity index (χ3v) is 5.83. The highest BCUT2D eigenvalue weighted by Crippen LogP contribution is 2.44. The Labute approximate surface area is 143 Å². The van der Waals surface area contributed by atoms with Crippen LogP contribution in [0.3, 0.4) is 0 Å². The molecule has 2 aliphatic heterocycles. The number of hydrogen-bond acceptors (Lipinski definition) is 2. The summed E-state index contributed by atoms with van der Waals surface area (Å²) in [6.45, 7) is 11.9. The fourth-order valence-corrected chi connectivity index (χ4v) is 4.09. The van der Waals surface area contributed by atoms with Gasteiger partial charge < -0.3 is 9.64 Å². The van der Waals surface area contributed by atoms with Crippen molar-refractivity contribution in [3.8, 4) is 0 Å². The molecule has 0 N–H and O–H groups in total. The lowest BCUT2D eigenvalue weighted by Gasteiger charge is -2.43. The highest BCUT2D eigenvalue weighted by atomic mass is 16.5. The smallest absolute Gasteiger partial charge is 0.223 e. The van der Waals surface area contributed by atoms with E-state index in [-0.39, 0.29) is 5.41 Å². The Kier molecular flexibility index (Phi) is 6.94. The van der Waals surface area contributed by atoms with Crippen LogP contribution >= 0.6 is 0 Å². The normalized spacial score (nSPS) is 29.3. The van der Waals surface area contributed by atoms with E-state index < -0.39 is 0 Å². The van der Waals surface area contributed by atoms with E-state index in [9.17, 15) is 4.79 Å². The molecule has 1 amide bonds. The van der Waals surface area contributed by atoms with Crippen molar-refractivity contribution in [1.82, 2.24) is 4.90 Å². The van der Waals surface area contributed by atoms with Gasteiger partial charge in [0.15, 0.2) is 0 Å². The monoisotopic (exact) mass is 323 g/mol. The summed E-state index contributed by atoms with van der Waals surface area (Å²) < 4.78 is 6.00. The van der Waals surface area contributed by atoms with E-state index in [0.717, 1.165) is 39.0 Å². The summed E-state index contributed by atoms with van der Waals surface area (Å²) in [5, 5.41) is 0. The van der Waals surface area contributed by atoms with Crippen LogP contribution < -0.4 is 0 Å². The minimum atomic E-state index is 0.173. The molecule has 134 valence electrons. The van der Waals surface area contributed by atoms with E-state index in [2.05, 4.69) is 32.6 Å². The van der Waals surface area contributed by atoms with Gasteiger partial charge in [-0.2, -0.15) is 0 Å². The molecule has 0 unspecified atom stereocenters. The zero-order chi connectivity index (χ0) is 16.9. The maximum Gasteiger partial charge on any atom is 0.223 e. The second-order valence-corrected chi connectivity index (χ2v) is 8.66. The van der Waals surface area contributed by atoms with Crippen LogP contribution in [0.25, 0.3) is 0 Å². The van der Waals surface area contributed by atoms with Crippen molar-refractivity contribution in [1.29, 1.82) is 0 Å². The average molecular weight is 324 g/mol. The van der Waals surface area contributed by atoms with E-state index in [1.807, 2.05) is 0 Å². The third-order valence-electron chi connectivity index (χ3n) is 5.83. The lowest BCUT2D eigenvalue weighted by Crippen LogP contribution is -2.43. The number of hydrogen-bond donors (Lipinski definition) is 0. The van der Waals surface area contributed by atoms with Gasteiger partial charge in [-0.3, -0.25) is 4.79 Å². The van der Waals surface area contributed by atoms with E-state index in [0.29, 0.717) is 23.8 Å². The van der Waals surface area contributed by atoms with E-state index in [1.165, 1.54) is 32.1 Å². The molecule has 0 aromatic heterocycles. The van der Waals surface area contributed by atoms with Gasteiger partial charge in [0.05, 0.1) is 6.10 Å². The zero-order valence-corrected chi connectivity index (χ0v) is 15.8. The summed E-state index contributed by atoms with van der Waals surface area (Å²) >= 11 is 0. The molecule has 3 nitrogen and oxygen atoms in total. The number of carbonyl (C=O) groups is 1. The predicted molar refractivity (Wildman–Crippen MR) is 95.4 cm³/mol. The van der Waals surface area contributed by atoms with Crippen LogP contribution in [0.1, 0.15) is 79.1 Å². The lowest BCUT2D eigenvalue weighted by molar-refractivity contribution is -0.139. The highest BCUT2D eigenvalue weighted by Gasteiger charge is 2.40. The van der Waals surface area contributed by atoms with Crippen LogP contribution in [-0.2, 0) is 9.53 Å². The summed E-state index contributed by atoms with van der Waals surface area (Å²) in [6, 6.07) is 0. The predicted octanol–water partition coefficient (Wildman–Crippen LogP) is 4.65. The Balaban J connectivity index is 2.04. The second kappa shape index (κ2) is 8.50. The molecule has 0 aromatic carbocycles. The van der Waals surface area contributed by atoms with Crippen LogP contribution in [-0.4, -0.2) is 36.6 Å². The van der Waals surface area contributed by atoms with Crippen molar-refractivity contribution in [3.05, 3.63) is 0 Å². The van der Waals surface area contributed by atoms with Gasteiger partial charge in [0.1, 0.15) is 0 Å². The molecule has 0 spiro atoms. The summed E-state index contributed by atoms with van der Waals surface area (Å²) in [6.07, 6.45) is 9.24. The Hall–Kier alpha value is -0.570. The first-order valence-corrected chi connectivity index (χ1v) is 9.81. The van der Waals surface area contributed by atoms with Crippen molar-refractivity contribution in [2.45, 2.75) is 85.2 Å².